The summed E-state index contributed by atoms with van der Waals surface area (Å²) in [6.07, 6.45) is 4.98. The van der Waals surface area contributed by atoms with E-state index < -0.39 is 0 Å². The van der Waals surface area contributed by atoms with Crippen LogP contribution in [0.1, 0.15) is 28.8 Å². The van der Waals surface area contributed by atoms with E-state index in [0.29, 0.717) is 49.1 Å². The lowest BCUT2D eigenvalue weighted by atomic mass is 9.99. The van der Waals surface area contributed by atoms with E-state index in [0.717, 1.165) is 31.6 Å². The fraction of sp³-hybridized carbons (Fsp3) is 0.393. The van der Waals surface area contributed by atoms with Gasteiger partial charge in [0.05, 0.1) is 18.3 Å². The summed E-state index contributed by atoms with van der Waals surface area (Å²) >= 11 is 0. The molecule has 8 heteroatoms. The number of ether oxygens (including phenoxy) is 2. The maximum absolute atomic E-state index is 13.8. The predicted molar refractivity (Wildman–Crippen MR) is 135 cm³/mol. The molecule has 3 aromatic rings. The summed E-state index contributed by atoms with van der Waals surface area (Å²) in [5.41, 5.74) is 2.29. The zero-order chi connectivity index (χ0) is 24.7. The molecule has 36 heavy (non-hydrogen) atoms. The van der Waals surface area contributed by atoms with E-state index in [4.69, 9.17) is 9.47 Å². The Morgan fingerprint density at radius 2 is 1.83 bits per heavy atom. The van der Waals surface area contributed by atoms with Crippen molar-refractivity contribution in [3.63, 3.8) is 0 Å². The van der Waals surface area contributed by atoms with Crippen molar-refractivity contribution >= 4 is 11.8 Å². The lowest BCUT2D eigenvalue weighted by molar-refractivity contribution is -0.132. The van der Waals surface area contributed by atoms with E-state index in [1.54, 1.807) is 23.4 Å². The van der Waals surface area contributed by atoms with Gasteiger partial charge in [0.2, 0.25) is 5.91 Å². The number of benzene rings is 2. The van der Waals surface area contributed by atoms with Crippen LogP contribution in [0.3, 0.4) is 0 Å². The summed E-state index contributed by atoms with van der Waals surface area (Å²) in [6.45, 7) is 3.39. The van der Waals surface area contributed by atoms with Crippen molar-refractivity contribution in [3.8, 4) is 11.4 Å². The molecule has 0 aliphatic carbocycles. The second kappa shape index (κ2) is 11.5. The first-order chi connectivity index (χ1) is 17.7. The fourth-order valence-corrected chi connectivity index (χ4v) is 4.90. The third-order valence-corrected chi connectivity index (χ3v) is 6.87. The van der Waals surface area contributed by atoms with Gasteiger partial charge in [0.1, 0.15) is 12.4 Å². The molecule has 0 spiro atoms. The van der Waals surface area contributed by atoms with Gasteiger partial charge in [0.25, 0.3) is 5.91 Å². The summed E-state index contributed by atoms with van der Waals surface area (Å²) in [5, 5.41) is 0. The van der Waals surface area contributed by atoms with E-state index in [-0.39, 0.29) is 24.5 Å². The van der Waals surface area contributed by atoms with E-state index in [9.17, 15) is 9.59 Å². The van der Waals surface area contributed by atoms with Crippen LogP contribution in [0.5, 0.6) is 0 Å². The first-order valence-electron chi connectivity index (χ1n) is 12.6. The molecule has 1 N–H and O–H groups in total. The SMILES string of the molecule is O=C1CN(C(=O)c2ccccc2-c2ncc[nH]2)C[C@H](OCc2ccccc2)CN1CC1CCOCC1. The lowest BCUT2D eigenvalue weighted by Gasteiger charge is -2.30. The van der Waals surface area contributed by atoms with E-state index in [1.807, 2.05) is 53.4 Å². The Bertz CT molecular complexity index is 1150. The predicted octanol–water partition coefficient (Wildman–Crippen LogP) is 3.37. The van der Waals surface area contributed by atoms with Crippen LogP contribution >= 0.6 is 0 Å². The zero-order valence-corrected chi connectivity index (χ0v) is 20.3. The number of carbonyl (C=O) groups excluding carboxylic acids is 2. The summed E-state index contributed by atoms with van der Waals surface area (Å²) < 4.78 is 11.8. The largest absolute Gasteiger partial charge is 0.381 e. The number of carbonyl (C=O) groups is 2. The molecule has 2 fully saturated rings. The van der Waals surface area contributed by atoms with Gasteiger partial charge in [-0.2, -0.15) is 0 Å². The second-order valence-electron chi connectivity index (χ2n) is 9.44. The highest BCUT2D eigenvalue weighted by Gasteiger charge is 2.33. The van der Waals surface area contributed by atoms with Gasteiger partial charge in [-0.05, 0) is 30.4 Å². The maximum atomic E-state index is 13.8. The smallest absolute Gasteiger partial charge is 0.255 e. The lowest BCUT2D eigenvalue weighted by Crippen LogP contribution is -2.42. The first kappa shape index (κ1) is 24.2. The molecule has 0 saturated carbocycles. The molecule has 2 saturated heterocycles. The summed E-state index contributed by atoms with van der Waals surface area (Å²) in [7, 11) is 0. The minimum atomic E-state index is -0.295. The van der Waals surface area contributed by atoms with Gasteiger partial charge >= 0.3 is 0 Å². The highest BCUT2D eigenvalue weighted by molar-refractivity contribution is 6.01. The summed E-state index contributed by atoms with van der Waals surface area (Å²) in [5.74, 6) is 0.783. The Kier molecular flexibility index (Phi) is 7.73. The Balaban J connectivity index is 1.37. The van der Waals surface area contributed by atoms with E-state index in [2.05, 4.69) is 9.97 Å². The number of aromatic amines is 1. The van der Waals surface area contributed by atoms with Crippen LogP contribution in [0, 0.1) is 5.92 Å². The maximum Gasteiger partial charge on any atom is 0.255 e. The van der Waals surface area contributed by atoms with Gasteiger partial charge < -0.3 is 24.3 Å². The van der Waals surface area contributed by atoms with Crippen molar-refractivity contribution in [1.82, 2.24) is 19.8 Å². The van der Waals surface area contributed by atoms with Crippen LogP contribution in [-0.4, -0.2) is 77.1 Å². The molecule has 0 bridgehead atoms. The molecule has 2 aromatic carbocycles. The standard InChI is InChI=1S/C28H32N4O4/c33-26-19-32(28(34)25-9-5-4-8-24(25)27-29-12-13-30-27)18-23(36-20-22-6-2-1-3-7-22)17-31(26)16-21-10-14-35-15-11-21/h1-9,12-13,21,23H,10-11,14-20H2,(H,29,30)/t23-/m1/s1. The number of hydrogen-bond acceptors (Lipinski definition) is 5. The van der Waals surface area contributed by atoms with Gasteiger partial charge in [0.15, 0.2) is 0 Å². The number of H-pyrrole nitrogens is 1. The monoisotopic (exact) mass is 488 g/mol. The zero-order valence-electron chi connectivity index (χ0n) is 20.3. The van der Waals surface area contributed by atoms with Crippen molar-refractivity contribution in [2.75, 3.05) is 39.4 Å². The Morgan fingerprint density at radius 1 is 1.06 bits per heavy atom. The molecule has 0 unspecified atom stereocenters. The number of aromatic nitrogens is 2. The molecule has 2 aliphatic rings. The van der Waals surface area contributed by atoms with Crippen LogP contribution in [-0.2, 0) is 20.9 Å². The molecule has 2 aliphatic heterocycles. The third kappa shape index (κ3) is 5.83. The van der Waals surface area contributed by atoms with Crippen LogP contribution in [0.15, 0.2) is 67.0 Å². The summed E-state index contributed by atoms with van der Waals surface area (Å²) in [4.78, 5) is 38.1. The third-order valence-electron chi connectivity index (χ3n) is 6.87. The first-order valence-corrected chi connectivity index (χ1v) is 12.6. The number of amides is 2. The molecule has 188 valence electrons. The normalized spacial score (nSPS) is 19.3. The highest BCUT2D eigenvalue weighted by Crippen LogP contribution is 2.24. The number of imidazole rings is 1. The minimum absolute atomic E-state index is 0.0275. The fourth-order valence-electron chi connectivity index (χ4n) is 4.90. The molecule has 2 amide bonds. The second-order valence-corrected chi connectivity index (χ2v) is 9.44. The molecule has 8 nitrogen and oxygen atoms in total. The topological polar surface area (TPSA) is 87.8 Å². The van der Waals surface area contributed by atoms with Gasteiger partial charge in [-0.15, -0.1) is 0 Å². The molecule has 0 radical (unpaired) electrons. The Hall–Kier alpha value is -3.49. The molecule has 3 heterocycles. The average molecular weight is 489 g/mol. The number of rotatable bonds is 7. The summed E-state index contributed by atoms with van der Waals surface area (Å²) in [6, 6.07) is 17.3. The molecular formula is C28H32N4O4. The molecule has 5 rings (SSSR count). The van der Waals surface area contributed by atoms with Crippen LogP contribution < -0.4 is 0 Å². The van der Waals surface area contributed by atoms with Crippen molar-refractivity contribution < 1.29 is 19.1 Å². The van der Waals surface area contributed by atoms with Crippen LogP contribution in [0.2, 0.25) is 0 Å². The van der Waals surface area contributed by atoms with Crippen molar-refractivity contribution in [2.45, 2.75) is 25.6 Å². The van der Waals surface area contributed by atoms with Crippen molar-refractivity contribution in [2.24, 2.45) is 5.92 Å². The van der Waals surface area contributed by atoms with Crippen LogP contribution in [0.25, 0.3) is 11.4 Å². The Morgan fingerprint density at radius 3 is 2.61 bits per heavy atom. The van der Waals surface area contributed by atoms with Gasteiger partial charge in [-0.25, -0.2) is 4.98 Å². The average Bonchev–Trinajstić information content (AvgIpc) is 3.41. The van der Waals surface area contributed by atoms with E-state index in [1.165, 1.54) is 0 Å². The minimum Gasteiger partial charge on any atom is -0.381 e. The van der Waals surface area contributed by atoms with Gasteiger partial charge in [0, 0.05) is 50.8 Å². The van der Waals surface area contributed by atoms with E-state index >= 15 is 0 Å². The molecule has 1 atom stereocenters. The van der Waals surface area contributed by atoms with Gasteiger partial charge in [-0.3, -0.25) is 9.59 Å². The number of nitrogens with zero attached hydrogens (tertiary/aromatic N) is 3. The van der Waals surface area contributed by atoms with Crippen molar-refractivity contribution in [3.05, 3.63) is 78.1 Å². The number of nitrogens with one attached hydrogen (secondary N) is 1. The van der Waals surface area contributed by atoms with Gasteiger partial charge in [-0.1, -0.05) is 48.5 Å². The number of hydrogen-bond donors (Lipinski definition) is 1. The van der Waals surface area contributed by atoms with Crippen LogP contribution in [0.4, 0.5) is 0 Å². The molecule has 1 aromatic heterocycles. The quantitative estimate of drug-likeness (QED) is 0.551. The highest BCUT2D eigenvalue weighted by atomic mass is 16.5. The van der Waals surface area contributed by atoms with Crippen molar-refractivity contribution in [1.29, 1.82) is 0 Å². The molecular weight excluding hydrogens is 456 g/mol. The Labute approximate surface area is 211 Å².